The van der Waals surface area contributed by atoms with Gasteiger partial charge >= 0.3 is 0 Å². The van der Waals surface area contributed by atoms with Gasteiger partial charge in [0, 0.05) is 29.9 Å². The lowest BCUT2D eigenvalue weighted by Crippen LogP contribution is -2.30. The van der Waals surface area contributed by atoms with Crippen LogP contribution in [0.1, 0.15) is 23.5 Å². The third-order valence-electron chi connectivity index (χ3n) is 4.29. The van der Waals surface area contributed by atoms with Crippen molar-refractivity contribution in [3.8, 4) is 0 Å². The number of aromatic amines is 1. The molecule has 3 N–H and O–H groups in total. The van der Waals surface area contributed by atoms with Gasteiger partial charge in [-0.15, -0.1) is 0 Å². The summed E-state index contributed by atoms with van der Waals surface area (Å²) in [6.07, 6.45) is 7.61. The summed E-state index contributed by atoms with van der Waals surface area (Å²) in [6, 6.07) is 5.74. The maximum Gasteiger partial charge on any atom is 0.228 e. The summed E-state index contributed by atoms with van der Waals surface area (Å²) in [5.41, 5.74) is 7.64. The molecule has 0 radical (unpaired) electrons. The predicted octanol–water partition coefficient (Wildman–Crippen LogP) is 1.26. The van der Waals surface area contributed by atoms with E-state index in [4.69, 9.17) is 5.73 Å². The minimum Gasteiger partial charge on any atom is -0.369 e. The van der Waals surface area contributed by atoms with Crippen LogP contribution in [0.3, 0.4) is 0 Å². The van der Waals surface area contributed by atoms with Gasteiger partial charge in [0.2, 0.25) is 5.91 Å². The summed E-state index contributed by atoms with van der Waals surface area (Å²) in [6.45, 7) is 0. The molecule has 21 heavy (non-hydrogen) atoms. The molecule has 4 rings (SSSR count). The smallest absolute Gasteiger partial charge is 0.228 e. The van der Waals surface area contributed by atoms with Crippen molar-refractivity contribution in [3.63, 3.8) is 0 Å². The van der Waals surface area contributed by atoms with Crippen molar-refractivity contribution in [3.05, 3.63) is 54.1 Å². The highest BCUT2D eigenvalue weighted by atomic mass is 16.1. The Hall–Kier alpha value is -2.76. The number of aromatic nitrogens is 4. The number of nitrogens with two attached hydrogens (primary N) is 1. The number of primary amides is 1. The Morgan fingerprint density at radius 1 is 1.38 bits per heavy atom. The van der Waals surface area contributed by atoms with Crippen LogP contribution in [-0.2, 0) is 10.2 Å². The second kappa shape index (κ2) is 4.12. The van der Waals surface area contributed by atoms with Gasteiger partial charge in [-0.1, -0.05) is 6.07 Å². The summed E-state index contributed by atoms with van der Waals surface area (Å²) in [5.74, 6) is -0.265. The van der Waals surface area contributed by atoms with Crippen LogP contribution in [0.25, 0.3) is 11.0 Å². The molecule has 1 amide bonds. The van der Waals surface area contributed by atoms with Crippen molar-refractivity contribution < 1.29 is 4.79 Å². The monoisotopic (exact) mass is 279 g/mol. The van der Waals surface area contributed by atoms with E-state index in [-0.39, 0.29) is 11.8 Å². The molecule has 2 atom stereocenters. The van der Waals surface area contributed by atoms with Crippen molar-refractivity contribution in [2.75, 3.05) is 0 Å². The first kappa shape index (κ1) is 12.0. The third-order valence-corrected chi connectivity index (χ3v) is 4.29. The maximum atomic E-state index is 12.0. The molecule has 6 heteroatoms. The minimum absolute atomic E-state index is 0.0472. The molecule has 3 heterocycles. The van der Waals surface area contributed by atoms with Crippen LogP contribution >= 0.6 is 0 Å². The van der Waals surface area contributed by atoms with Gasteiger partial charge in [0.15, 0.2) is 5.65 Å². The Bertz CT molecular complexity index is 828. The number of nitrogens with one attached hydrogen (secondary N) is 1. The summed E-state index contributed by atoms with van der Waals surface area (Å²) < 4.78 is 0. The van der Waals surface area contributed by atoms with E-state index in [1.54, 1.807) is 24.8 Å². The number of hydrogen-bond donors (Lipinski definition) is 2. The van der Waals surface area contributed by atoms with Crippen molar-refractivity contribution >= 4 is 16.9 Å². The Morgan fingerprint density at radius 2 is 2.29 bits per heavy atom. The van der Waals surface area contributed by atoms with Gasteiger partial charge in [0.05, 0.1) is 11.6 Å². The second-order valence-corrected chi connectivity index (χ2v) is 5.41. The van der Waals surface area contributed by atoms with Gasteiger partial charge < -0.3 is 5.73 Å². The number of H-pyrrole nitrogens is 1. The molecule has 1 aliphatic rings. The van der Waals surface area contributed by atoms with Gasteiger partial charge in [-0.25, -0.2) is 4.98 Å². The van der Waals surface area contributed by atoms with Crippen molar-refractivity contribution in [1.82, 2.24) is 20.2 Å². The molecule has 0 spiro atoms. The van der Waals surface area contributed by atoms with E-state index in [0.717, 1.165) is 22.2 Å². The van der Waals surface area contributed by atoms with E-state index in [1.165, 1.54) is 0 Å². The lowest BCUT2D eigenvalue weighted by Gasteiger charge is -2.13. The topological polar surface area (TPSA) is 97.5 Å². The molecule has 0 aromatic carbocycles. The standard InChI is InChI=1S/C15H13N5O/c16-14(21)15(11-2-1-3-17-8-11)5-12(15)9-4-10-7-19-20-13(10)18-6-9/h1-4,6-8,12H,5H2,(H2,16,21)(H,18,19,20). The highest BCUT2D eigenvalue weighted by Crippen LogP contribution is 2.60. The summed E-state index contributed by atoms with van der Waals surface area (Å²) >= 11 is 0. The largest absolute Gasteiger partial charge is 0.369 e. The molecule has 0 bridgehead atoms. The number of amides is 1. The molecule has 2 unspecified atom stereocenters. The Balaban J connectivity index is 1.78. The molecule has 3 aromatic rings. The lowest BCUT2D eigenvalue weighted by atomic mass is 9.91. The number of nitrogens with zero attached hydrogens (tertiary/aromatic N) is 3. The van der Waals surface area contributed by atoms with Crippen LogP contribution in [0.5, 0.6) is 0 Å². The van der Waals surface area contributed by atoms with Crippen LogP contribution < -0.4 is 5.73 Å². The van der Waals surface area contributed by atoms with Gasteiger partial charge in [-0.3, -0.25) is 14.9 Å². The first-order valence-electron chi connectivity index (χ1n) is 6.71. The fraction of sp³-hybridized carbons (Fsp3) is 0.200. The van der Waals surface area contributed by atoms with Crippen LogP contribution in [0.2, 0.25) is 0 Å². The van der Waals surface area contributed by atoms with E-state index >= 15 is 0 Å². The zero-order chi connectivity index (χ0) is 14.4. The molecule has 1 aliphatic carbocycles. The molecule has 0 aliphatic heterocycles. The number of carbonyl (C=O) groups is 1. The zero-order valence-electron chi connectivity index (χ0n) is 11.2. The molecular formula is C15H13N5O. The van der Waals surface area contributed by atoms with Crippen molar-refractivity contribution in [1.29, 1.82) is 0 Å². The number of hydrogen-bond acceptors (Lipinski definition) is 4. The normalized spacial score (nSPS) is 24.1. The first-order valence-corrected chi connectivity index (χ1v) is 6.71. The van der Waals surface area contributed by atoms with Crippen LogP contribution in [0.15, 0.2) is 43.0 Å². The van der Waals surface area contributed by atoms with Crippen molar-refractivity contribution in [2.45, 2.75) is 17.8 Å². The minimum atomic E-state index is -0.659. The average Bonchev–Trinajstić information content (AvgIpc) is 3.11. The third kappa shape index (κ3) is 1.65. The first-order chi connectivity index (χ1) is 10.2. The molecule has 6 nitrogen and oxygen atoms in total. The maximum absolute atomic E-state index is 12.0. The lowest BCUT2D eigenvalue weighted by molar-refractivity contribution is -0.120. The van der Waals surface area contributed by atoms with Crippen molar-refractivity contribution in [2.24, 2.45) is 5.73 Å². The van der Waals surface area contributed by atoms with Gasteiger partial charge in [0.25, 0.3) is 0 Å². The fourth-order valence-electron chi connectivity index (χ4n) is 3.07. The molecule has 0 saturated heterocycles. The molecule has 1 fully saturated rings. The van der Waals surface area contributed by atoms with E-state index in [2.05, 4.69) is 20.2 Å². The summed E-state index contributed by atoms with van der Waals surface area (Å²) in [4.78, 5) is 20.5. The highest BCUT2D eigenvalue weighted by Gasteiger charge is 2.61. The van der Waals surface area contributed by atoms with Gasteiger partial charge in [-0.2, -0.15) is 5.10 Å². The van der Waals surface area contributed by atoms with Crippen LogP contribution in [0, 0.1) is 0 Å². The number of fused-ring (bicyclic) bond motifs is 1. The Morgan fingerprint density at radius 3 is 3.05 bits per heavy atom. The fourth-order valence-corrected chi connectivity index (χ4v) is 3.07. The predicted molar refractivity (Wildman–Crippen MR) is 76.4 cm³/mol. The van der Waals surface area contributed by atoms with E-state index in [0.29, 0.717) is 6.42 Å². The van der Waals surface area contributed by atoms with Gasteiger partial charge in [-0.05, 0) is 29.7 Å². The number of carbonyl (C=O) groups excluding carboxylic acids is 1. The SMILES string of the molecule is NC(=O)C1(c2cccnc2)CC1c1cnc2[nH]ncc2c1. The summed E-state index contributed by atoms with van der Waals surface area (Å²) in [7, 11) is 0. The Labute approximate surface area is 120 Å². The molecule has 104 valence electrons. The van der Waals surface area contributed by atoms with E-state index < -0.39 is 5.41 Å². The van der Waals surface area contributed by atoms with E-state index in [9.17, 15) is 4.79 Å². The zero-order valence-corrected chi connectivity index (χ0v) is 11.2. The summed E-state index contributed by atoms with van der Waals surface area (Å²) in [5, 5.41) is 7.72. The molecule has 3 aromatic heterocycles. The quantitative estimate of drug-likeness (QED) is 0.754. The Kier molecular flexibility index (Phi) is 2.35. The van der Waals surface area contributed by atoms with Crippen LogP contribution in [0.4, 0.5) is 0 Å². The molecule has 1 saturated carbocycles. The van der Waals surface area contributed by atoms with Gasteiger partial charge in [0.1, 0.15) is 0 Å². The highest BCUT2D eigenvalue weighted by molar-refractivity contribution is 5.92. The van der Waals surface area contributed by atoms with E-state index in [1.807, 2.05) is 18.2 Å². The number of pyridine rings is 2. The van der Waals surface area contributed by atoms with Crippen LogP contribution in [-0.4, -0.2) is 26.1 Å². The second-order valence-electron chi connectivity index (χ2n) is 5.41. The number of rotatable bonds is 3. The average molecular weight is 279 g/mol. The molecular weight excluding hydrogens is 266 g/mol.